The molecule has 2 nitrogen and oxygen atoms in total. The fraction of sp³-hybridized carbons (Fsp3) is 0.571. The lowest BCUT2D eigenvalue weighted by Gasteiger charge is -2.26. The molecule has 0 fully saturated rings. The Balaban J connectivity index is 2.63. The molecule has 0 amide bonds. The summed E-state index contributed by atoms with van der Waals surface area (Å²) in [5.74, 6) is 0. The zero-order chi connectivity index (χ0) is 12.9. The largest absolute Gasteiger partial charge is 0.396 e. The van der Waals surface area contributed by atoms with Crippen molar-refractivity contribution in [3.8, 4) is 0 Å². The van der Waals surface area contributed by atoms with Crippen molar-refractivity contribution < 1.29 is 5.11 Å². The zero-order valence-electron chi connectivity index (χ0n) is 10.8. The Bertz CT molecular complexity index is 335. The van der Waals surface area contributed by atoms with Gasteiger partial charge < -0.3 is 10.4 Å². The van der Waals surface area contributed by atoms with Gasteiger partial charge in [-0.05, 0) is 24.1 Å². The first kappa shape index (κ1) is 14.5. The fourth-order valence-electron chi connectivity index (χ4n) is 1.65. The van der Waals surface area contributed by atoms with Gasteiger partial charge in [0.25, 0.3) is 0 Å². The predicted molar refractivity (Wildman–Crippen MR) is 73.4 cm³/mol. The van der Waals surface area contributed by atoms with Crippen LogP contribution >= 0.6 is 11.6 Å². The van der Waals surface area contributed by atoms with Crippen LogP contribution in [0, 0.1) is 5.41 Å². The Morgan fingerprint density at radius 3 is 2.35 bits per heavy atom. The predicted octanol–water partition coefficient (Wildman–Crippen LogP) is 3.40. The Morgan fingerprint density at radius 1 is 1.29 bits per heavy atom. The van der Waals surface area contributed by atoms with Gasteiger partial charge in [-0.3, -0.25) is 0 Å². The van der Waals surface area contributed by atoms with E-state index in [0.717, 1.165) is 18.0 Å². The van der Waals surface area contributed by atoms with Crippen LogP contribution in [0.4, 0.5) is 0 Å². The normalized spacial score (nSPS) is 13.7. The molecule has 0 saturated carbocycles. The van der Waals surface area contributed by atoms with Crippen molar-refractivity contribution in [2.75, 3.05) is 13.2 Å². The van der Waals surface area contributed by atoms with Gasteiger partial charge in [0.2, 0.25) is 0 Å². The first-order valence-corrected chi connectivity index (χ1v) is 6.46. The quantitative estimate of drug-likeness (QED) is 0.817. The van der Waals surface area contributed by atoms with Crippen molar-refractivity contribution in [3.63, 3.8) is 0 Å². The third-order valence-corrected chi connectivity index (χ3v) is 3.19. The molecule has 1 aromatic carbocycles. The van der Waals surface area contributed by atoms with Gasteiger partial charge in [-0.15, -0.1) is 0 Å². The molecule has 96 valence electrons. The highest BCUT2D eigenvalue weighted by Gasteiger charge is 2.18. The van der Waals surface area contributed by atoms with E-state index < -0.39 is 0 Å². The summed E-state index contributed by atoms with van der Waals surface area (Å²) in [6.45, 7) is 7.24. The van der Waals surface area contributed by atoms with Crippen LogP contribution in [0.25, 0.3) is 0 Å². The number of hydrogen-bond donors (Lipinski definition) is 2. The number of aliphatic hydroxyl groups is 1. The third-order valence-electron chi connectivity index (χ3n) is 2.94. The maximum atomic E-state index is 9.23. The number of benzene rings is 1. The average Bonchev–Trinajstić information content (AvgIpc) is 2.32. The van der Waals surface area contributed by atoms with E-state index in [1.165, 1.54) is 5.56 Å². The van der Waals surface area contributed by atoms with E-state index in [2.05, 4.69) is 38.2 Å². The summed E-state index contributed by atoms with van der Waals surface area (Å²) in [5.41, 5.74) is 1.16. The second-order valence-electron chi connectivity index (χ2n) is 5.22. The smallest absolute Gasteiger partial charge is 0.0494 e. The lowest BCUT2D eigenvalue weighted by Crippen LogP contribution is -2.34. The van der Waals surface area contributed by atoms with Crippen LogP contribution in [0.3, 0.4) is 0 Å². The van der Waals surface area contributed by atoms with Crippen molar-refractivity contribution in [3.05, 3.63) is 34.9 Å². The van der Waals surface area contributed by atoms with E-state index in [-0.39, 0.29) is 12.0 Å². The molecule has 0 bridgehead atoms. The molecule has 0 aliphatic carbocycles. The number of nitrogens with one attached hydrogen (secondary N) is 1. The molecule has 17 heavy (non-hydrogen) atoms. The summed E-state index contributed by atoms with van der Waals surface area (Å²) in [6, 6.07) is 8.25. The summed E-state index contributed by atoms with van der Waals surface area (Å²) in [5, 5.41) is 13.5. The van der Waals surface area contributed by atoms with Gasteiger partial charge in [0, 0.05) is 29.6 Å². The van der Waals surface area contributed by atoms with E-state index in [1.807, 2.05) is 12.1 Å². The lowest BCUT2D eigenvalue weighted by molar-refractivity contribution is 0.152. The minimum absolute atomic E-state index is 0.0835. The molecule has 0 radical (unpaired) electrons. The summed E-state index contributed by atoms with van der Waals surface area (Å²) in [4.78, 5) is 0. The maximum absolute atomic E-state index is 9.23. The molecular weight excluding hydrogens is 234 g/mol. The van der Waals surface area contributed by atoms with Crippen LogP contribution in [0.1, 0.15) is 38.8 Å². The van der Waals surface area contributed by atoms with Crippen molar-refractivity contribution in [1.82, 2.24) is 5.32 Å². The summed E-state index contributed by atoms with van der Waals surface area (Å²) < 4.78 is 0. The standard InChI is InChI=1S/C14H22ClNO/c1-4-13(16-9-14(2,3)10-17)11-5-7-12(15)8-6-11/h5-8,13,16-17H,4,9-10H2,1-3H3. The highest BCUT2D eigenvalue weighted by atomic mass is 35.5. The van der Waals surface area contributed by atoms with Gasteiger partial charge in [-0.2, -0.15) is 0 Å². The molecule has 0 spiro atoms. The van der Waals surface area contributed by atoms with E-state index in [1.54, 1.807) is 0 Å². The topological polar surface area (TPSA) is 32.3 Å². The molecule has 3 heteroatoms. The molecule has 1 aromatic rings. The van der Waals surface area contributed by atoms with E-state index in [9.17, 15) is 5.11 Å². The van der Waals surface area contributed by atoms with E-state index >= 15 is 0 Å². The van der Waals surface area contributed by atoms with Crippen molar-refractivity contribution in [2.45, 2.75) is 33.2 Å². The Kier molecular flexibility index (Phi) is 5.44. The molecule has 1 unspecified atom stereocenters. The highest BCUT2D eigenvalue weighted by Crippen LogP contribution is 2.21. The van der Waals surface area contributed by atoms with Crippen LogP contribution in [0.5, 0.6) is 0 Å². The van der Waals surface area contributed by atoms with Crippen LogP contribution in [0.2, 0.25) is 5.02 Å². The van der Waals surface area contributed by atoms with Crippen LogP contribution in [0.15, 0.2) is 24.3 Å². The Morgan fingerprint density at radius 2 is 1.88 bits per heavy atom. The summed E-state index contributed by atoms with van der Waals surface area (Å²) in [6.07, 6.45) is 1.02. The lowest BCUT2D eigenvalue weighted by atomic mass is 9.93. The Hall–Kier alpha value is -0.570. The van der Waals surface area contributed by atoms with Crippen molar-refractivity contribution >= 4 is 11.6 Å². The van der Waals surface area contributed by atoms with Gasteiger partial charge in [0.05, 0.1) is 0 Å². The molecule has 0 aliphatic rings. The van der Waals surface area contributed by atoms with Crippen molar-refractivity contribution in [2.24, 2.45) is 5.41 Å². The SMILES string of the molecule is CCC(NCC(C)(C)CO)c1ccc(Cl)cc1. The van der Waals surface area contributed by atoms with Gasteiger partial charge in [0.15, 0.2) is 0 Å². The van der Waals surface area contributed by atoms with Crippen LogP contribution < -0.4 is 5.32 Å². The molecule has 2 N–H and O–H groups in total. The minimum Gasteiger partial charge on any atom is -0.396 e. The van der Waals surface area contributed by atoms with Gasteiger partial charge >= 0.3 is 0 Å². The average molecular weight is 256 g/mol. The molecule has 0 saturated heterocycles. The van der Waals surface area contributed by atoms with E-state index in [4.69, 9.17) is 11.6 Å². The van der Waals surface area contributed by atoms with Crippen molar-refractivity contribution in [1.29, 1.82) is 0 Å². The number of aliphatic hydroxyl groups excluding tert-OH is 1. The molecule has 1 atom stereocenters. The molecular formula is C14H22ClNO. The van der Waals surface area contributed by atoms with Gasteiger partial charge in [-0.25, -0.2) is 0 Å². The molecule has 0 aliphatic heterocycles. The number of hydrogen-bond acceptors (Lipinski definition) is 2. The highest BCUT2D eigenvalue weighted by molar-refractivity contribution is 6.30. The third kappa shape index (κ3) is 4.66. The van der Waals surface area contributed by atoms with Gasteiger partial charge in [0.1, 0.15) is 0 Å². The summed E-state index contributed by atoms with van der Waals surface area (Å²) >= 11 is 5.88. The molecule has 1 rings (SSSR count). The zero-order valence-corrected chi connectivity index (χ0v) is 11.6. The Labute approximate surface area is 109 Å². The van der Waals surface area contributed by atoms with Crippen LogP contribution in [-0.4, -0.2) is 18.3 Å². The van der Waals surface area contributed by atoms with E-state index in [0.29, 0.717) is 6.04 Å². The molecule has 0 heterocycles. The second kappa shape index (κ2) is 6.39. The molecule has 0 aromatic heterocycles. The summed E-state index contributed by atoms with van der Waals surface area (Å²) in [7, 11) is 0. The number of rotatable bonds is 6. The number of halogens is 1. The monoisotopic (exact) mass is 255 g/mol. The van der Waals surface area contributed by atoms with Crippen LogP contribution in [-0.2, 0) is 0 Å². The minimum atomic E-state index is -0.0835. The second-order valence-corrected chi connectivity index (χ2v) is 5.65. The first-order valence-electron chi connectivity index (χ1n) is 6.08. The first-order chi connectivity index (χ1) is 7.98. The fourth-order valence-corrected chi connectivity index (χ4v) is 1.77. The maximum Gasteiger partial charge on any atom is 0.0494 e. The van der Waals surface area contributed by atoms with Gasteiger partial charge in [-0.1, -0.05) is 44.5 Å².